The van der Waals surface area contributed by atoms with E-state index >= 15 is 0 Å². The third-order valence-electron chi connectivity index (χ3n) is 2.69. The van der Waals surface area contributed by atoms with Gasteiger partial charge in [0.1, 0.15) is 5.56 Å². The number of benzene rings is 1. The average molecular weight is 279 g/mol. The maximum Gasteiger partial charge on any atom is 0.282 e. The average Bonchev–Trinajstić information content (AvgIpc) is 2.41. The molecule has 0 radical (unpaired) electrons. The lowest BCUT2D eigenvalue weighted by molar-refractivity contribution is -0.385. The van der Waals surface area contributed by atoms with Crippen LogP contribution in [-0.2, 0) is 0 Å². The Morgan fingerprint density at radius 3 is 2.65 bits per heavy atom. The number of hydrogen-bond donors (Lipinski definition) is 2. The van der Waals surface area contributed by atoms with E-state index in [-0.39, 0.29) is 11.3 Å². The minimum Gasteiger partial charge on any atom is -0.385 e. The number of amides is 1. The molecule has 1 aromatic carbocycles. The number of nitrogens with one attached hydrogen (secondary N) is 2. The Labute approximate surface area is 118 Å². The molecule has 0 spiro atoms. The number of nitro benzene ring substituents is 1. The highest BCUT2D eigenvalue weighted by Crippen LogP contribution is 2.22. The van der Waals surface area contributed by atoms with Crippen molar-refractivity contribution in [3.8, 4) is 0 Å². The molecule has 2 N–H and O–H groups in total. The summed E-state index contributed by atoms with van der Waals surface area (Å²) in [5.41, 5.74) is 0.636. The molecular weight excluding hydrogens is 258 g/mol. The first-order valence-corrected chi connectivity index (χ1v) is 6.76. The van der Waals surface area contributed by atoms with Crippen molar-refractivity contribution in [1.82, 2.24) is 5.32 Å². The molecule has 0 fully saturated rings. The molecule has 0 aliphatic rings. The standard InChI is InChI=1S/C14H21N3O3/c1-4-7-15-11-5-6-13(17(19)20)12(8-11)14(18)16-9-10(2)3/h5-6,8,10,15H,4,7,9H2,1-3H3,(H,16,18). The van der Waals surface area contributed by atoms with Gasteiger partial charge in [0.25, 0.3) is 11.6 Å². The van der Waals surface area contributed by atoms with Crippen molar-refractivity contribution in [2.24, 2.45) is 5.92 Å². The van der Waals surface area contributed by atoms with E-state index in [1.807, 2.05) is 20.8 Å². The summed E-state index contributed by atoms with van der Waals surface area (Å²) in [6.45, 7) is 7.20. The molecule has 0 aromatic heterocycles. The van der Waals surface area contributed by atoms with Gasteiger partial charge in [-0.2, -0.15) is 0 Å². The molecule has 1 rings (SSSR count). The van der Waals surface area contributed by atoms with Crippen LogP contribution in [0.3, 0.4) is 0 Å². The van der Waals surface area contributed by atoms with E-state index in [9.17, 15) is 14.9 Å². The molecule has 0 bridgehead atoms. The highest BCUT2D eigenvalue weighted by atomic mass is 16.6. The first kappa shape index (κ1) is 15.9. The Kier molecular flexibility index (Phi) is 5.96. The maximum atomic E-state index is 12.1. The van der Waals surface area contributed by atoms with Gasteiger partial charge >= 0.3 is 0 Å². The number of carbonyl (C=O) groups excluding carboxylic acids is 1. The third kappa shape index (κ3) is 4.53. The zero-order chi connectivity index (χ0) is 15.1. The van der Waals surface area contributed by atoms with Crippen molar-refractivity contribution in [1.29, 1.82) is 0 Å². The number of anilines is 1. The van der Waals surface area contributed by atoms with E-state index in [1.54, 1.807) is 6.07 Å². The Bertz CT molecular complexity index is 487. The molecule has 0 atom stereocenters. The molecule has 0 aliphatic carbocycles. The minimum atomic E-state index is -0.534. The topological polar surface area (TPSA) is 84.3 Å². The van der Waals surface area contributed by atoms with Crippen molar-refractivity contribution in [3.63, 3.8) is 0 Å². The predicted octanol–water partition coefficient (Wildman–Crippen LogP) is 2.80. The summed E-state index contributed by atoms with van der Waals surface area (Å²) < 4.78 is 0. The van der Waals surface area contributed by atoms with Crippen molar-refractivity contribution in [3.05, 3.63) is 33.9 Å². The van der Waals surface area contributed by atoms with Crippen LogP contribution in [0.15, 0.2) is 18.2 Å². The van der Waals surface area contributed by atoms with Gasteiger partial charge in [0.2, 0.25) is 0 Å². The fourth-order valence-corrected chi connectivity index (χ4v) is 1.65. The maximum absolute atomic E-state index is 12.1. The van der Waals surface area contributed by atoms with Crippen LogP contribution in [0, 0.1) is 16.0 Å². The van der Waals surface area contributed by atoms with Crippen LogP contribution in [0.2, 0.25) is 0 Å². The van der Waals surface area contributed by atoms with Crippen molar-refractivity contribution in [2.75, 3.05) is 18.4 Å². The van der Waals surface area contributed by atoms with Gasteiger partial charge in [-0.15, -0.1) is 0 Å². The molecule has 0 saturated heterocycles. The Morgan fingerprint density at radius 1 is 1.40 bits per heavy atom. The SMILES string of the molecule is CCCNc1ccc([N+](=O)[O-])c(C(=O)NCC(C)C)c1. The molecule has 0 heterocycles. The number of nitrogens with zero attached hydrogens (tertiary/aromatic N) is 1. The van der Waals surface area contributed by atoms with E-state index in [2.05, 4.69) is 10.6 Å². The molecule has 1 aromatic rings. The normalized spacial score (nSPS) is 10.4. The summed E-state index contributed by atoms with van der Waals surface area (Å²) in [6, 6.07) is 4.51. The summed E-state index contributed by atoms with van der Waals surface area (Å²) in [5, 5.41) is 16.8. The fraction of sp³-hybridized carbons (Fsp3) is 0.500. The largest absolute Gasteiger partial charge is 0.385 e. The van der Waals surface area contributed by atoms with Crippen molar-refractivity contribution < 1.29 is 9.72 Å². The molecule has 20 heavy (non-hydrogen) atoms. The van der Waals surface area contributed by atoms with E-state index in [4.69, 9.17) is 0 Å². The van der Waals surface area contributed by atoms with E-state index in [0.717, 1.165) is 13.0 Å². The van der Waals surface area contributed by atoms with Crippen LogP contribution >= 0.6 is 0 Å². The molecule has 0 saturated carbocycles. The van der Waals surface area contributed by atoms with Crippen LogP contribution < -0.4 is 10.6 Å². The quantitative estimate of drug-likeness (QED) is 0.593. The smallest absolute Gasteiger partial charge is 0.282 e. The highest BCUT2D eigenvalue weighted by molar-refractivity contribution is 5.99. The van der Waals surface area contributed by atoms with Gasteiger partial charge in [-0.3, -0.25) is 14.9 Å². The summed E-state index contributed by atoms with van der Waals surface area (Å²) in [7, 11) is 0. The van der Waals surface area contributed by atoms with E-state index in [1.165, 1.54) is 12.1 Å². The summed E-state index contributed by atoms with van der Waals surface area (Å²) in [5.74, 6) is -0.120. The zero-order valence-electron chi connectivity index (χ0n) is 12.1. The van der Waals surface area contributed by atoms with Crippen molar-refractivity contribution >= 4 is 17.3 Å². The molecule has 1 amide bonds. The fourth-order valence-electron chi connectivity index (χ4n) is 1.65. The Hall–Kier alpha value is -2.11. The highest BCUT2D eigenvalue weighted by Gasteiger charge is 2.20. The second-order valence-corrected chi connectivity index (χ2v) is 5.02. The Morgan fingerprint density at radius 2 is 2.10 bits per heavy atom. The third-order valence-corrected chi connectivity index (χ3v) is 2.69. The second kappa shape index (κ2) is 7.47. The lowest BCUT2D eigenvalue weighted by atomic mass is 10.1. The van der Waals surface area contributed by atoms with Crippen LogP contribution in [0.1, 0.15) is 37.6 Å². The number of hydrogen-bond acceptors (Lipinski definition) is 4. The van der Waals surface area contributed by atoms with Gasteiger partial charge in [0.05, 0.1) is 4.92 Å². The zero-order valence-corrected chi connectivity index (χ0v) is 12.1. The molecule has 0 aliphatic heterocycles. The van der Waals surface area contributed by atoms with Crippen LogP contribution in [-0.4, -0.2) is 23.9 Å². The Balaban J connectivity index is 2.98. The molecular formula is C14H21N3O3. The van der Waals surface area contributed by atoms with Gasteiger partial charge in [-0.25, -0.2) is 0 Å². The van der Waals surface area contributed by atoms with Crippen molar-refractivity contribution in [2.45, 2.75) is 27.2 Å². The summed E-state index contributed by atoms with van der Waals surface area (Å²) in [6.07, 6.45) is 0.936. The lowest BCUT2D eigenvalue weighted by Crippen LogP contribution is -2.28. The van der Waals surface area contributed by atoms with Gasteiger partial charge in [0, 0.05) is 24.8 Å². The monoisotopic (exact) mass is 279 g/mol. The van der Waals surface area contributed by atoms with E-state index in [0.29, 0.717) is 18.2 Å². The van der Waals surface area contributed by atoms with Gasteiger partial charge < -0.3 is 10.6 Å². The summed E-state index contributed by atoms with van der Waals surface area (Å²) in [4.78, 5) is 22.5. The molecule has 110 valence electrons. The first-order valence-electron chi connectivity index (χ1n) is 6.76. The molecule has 0 unspecified atom stereocenters. The minimum absolute atomic E-state index is 0.0942. The van der Waals surface area contributed by atoms with Crippen LogP contribution in [0.5, 0.6) is 0 Å². The molecule has 6 heteroatoms. The number of carbonyl (C=O) groups is 1. The van der Waals surface area contributed by atoms with E-state index < -0.39 is 10.8 Å². The first-order chi connectivity index (χ1) is 9.45. The van der Waals surface area contributed by atoms with Gasteiger partial charge in [0.15, 0.2) is 0 Å². The number of rotatable bonds is 7. The predicted molar refractivity (Wildman–Crippen MR) is 79.0 cm³/mol. The van der Waals surface area contributed by atoms with Crippen LogP contribution in [0.25, 0.3) is 0 Å². The summed E-state index contributed by atoms with van der Waals surface area (Å²) >= 11 is 0. The van der Waals surface area contributed by atoms with Crippen LogP contribution in [0.4, 0.5) is 11.4 Å². The second-order valence-electron chi connectivity index (χ2n) is 5.02. The lowest BCUT2D eigenvalue weighted by Gasteiger charge is -2.10. The van der Waals surface area contributed by atoms with Gasteiger partial charge in [-0.1, -0.05) is 20.8 Å². The van der Waals surface area contributed by atoms with Gasteiger partial charge in [-0.05, 0) is 24.5 Å². The number of nitro groups is 1. The molecule has 6 nitrogen and oxygen atoms in total.